The first-order chi connectivity index (χ1) is 15.8. The molecule has 8 heteroatoms. The van der Waals surface area contributed by atoms with Crippen LogP contribution in [0.3, 0.4) is 0 Å². The number of aliphatic hydroxyl groups is 1. The Bertz CT molecular complexity index is 810. The van der Waals surface area contributed by atoms with Gasteiger partial charge in [-0.1, -0.05) is 26.2 Å². The molecule has 3 amide bonds. The predicted molar refractivity (Wildman–Crippen MR) is 130 cm³/mol. The molecule has 3 atom stereocenters. The summed E-state index contributed by atoms with van der Waals surface area (Å²) in [7, 11) is 4.00. The van der Waals surface area contributed by atoms with E-state index in [1.165, 1.54) is 6.42 Å². The molecule has 0 spiro atoms. The summed E-state index contributed by atoms with van der Waals surface area (Å²) in [6, 6.07) is 5.24. The predicted octanol–water partition coefficient (Wildman–Crippen LogP) is 2.85. The number of amides is 3. The smallest absolute Gasteiger partial charge is 0.319 e. The van der Waals surface area contributed by atoms with Crippen molar-refractivity contribution in [3.63, 3.8) is 0 Å². The van der Waals surface area contributed by atoms with Gasteiger partial charge in [0.25, 0.3) is 0 Å². The second kappa shape index (κ2) is 11.7. The van der Waals surface area contributed by atoms with Gasteiger partial charge < -0.3 is 30.3 Å². The molecule has 3 N–H and O–H groups in total. The molecular weight excluding hydrogens is 420 g/mol. The maximum atomic E-state index is 13.2. The third-order valence-corrected chi connectivity index (χ3v) is 6.66. The highest BCUT2D eigenvalue weighted by Crippen LogP contribution is 2.29. The van der Waals surface area contributed by atoms with Crippen molar-refractivity contribution in [3.8, 4) is 5.75 Å². The third kappa shape index (κ3) is 7.08. The molecule has 0 aromatic heterocycles. The summed E-state index contributed by atoms with van der Waals surface area (Å²) in [6.45, 7) is 5.07. The molecule has 33 heavy (non-hydrogen) atoms. The molecule has 0 radical (unpaired) electrons. The minimum Gasteiger partial charge on any atom is -0.488 e. The number of nitrogens with one attached hydrogen (secondary N) is 2. The van der Waals surface area contributed by atoms with Crippen LogP contribution >= 0.6 is 0 Å². The normalized spacial score (nSPS) is 23.1. The van der Waals surface area contributed by atoms with Gasteiger partial charge in [-0.2, -0.15) is 0 Å². The molecule has 3 rings (SSSR count). The highest BCUT2D eigenvalue weighted by Gasteiger charge is 2.30. The standard InChI is InChI=1S/C25H40N4O4/c1-17-14-29(18(2)16-30)24(31)13-19-12-21(10-11-22(19)33-23(17)15-28(3)4)27-25(32)26-20-8-6-5-7-9-20/h10-12,17-18,20,23,30H,5-9,13-16H2,1-4H3,(H2,26,27,32)/t17-,18+,23-/m0/s1. The van der Waals surface area contributed by atoms with Gasteiger partial charge in [0.1, 0.15) is 11.9 Å². The number of hydrogen-bond acceptors (Lipinski definition) is 5. The van der Waals surface area contributed by atoms with Gasteiger partial charge in [-0.15, -0.1) is 0 Å². The maximum absolute atomic E-state index is 13.2. The fraction of sp³-hybridized carbons (Fsp3) is 0.680. The number of carbonyl (C=O) groups excluding carboxylic acids is 2. The summed E-state index contributed by atoms with van der Waals surface area (Å²) in [5.74, 6) is 0.691. The molecule has 8 nitrogen and oxygen atoms in total. The second-order valence-electron chi connectivity index (χ2n) is 9.91. The Morgan fingerprint density at radius 2 is 2.00 bits per heavy atom. The molecule has 0 unspecified atom stereocenters. The van der Waals surface area contributed by atoms with Gasteiger partial charge in [0, 0.05) is 36.3 Å². The number of anilines is 1. The molecule has 1 saturated carbocycles. The van der Waals surface area contributed by atoms with Gasteiger partial charge in [0.05, 0.1) is 19.1 Å². The van der Waals surface area contributed by atoms with Crippen LogP contribution in [0, 0.1) is 5.92 Å². The van der Waals surface area contributed by atoms with Crippen LogP contribution in [0.15, 0.2) is 18.2 Å². The lowest BCUT2D eigenvalue weighted by Crippen LogP contribution is -2.47. The fourth-order valence-corrected chi connectivity index (χ4v) is 4.68. The number of ether oxygens (including phenoxy) is 1. The molecule has 1 heterocycles. The van der Waals surface area contributed by atoms with Crippen molar-refractivity contribution in [1.82, 2.24) is 15.1 Å². The van der Waals surface area contributed by atoms with E-state index in [0.717, 1.165) is 31.2 Å². The number of likely N-dealkylation sites (N-methyl/N-ethyl adjacent to an activating group) is 1. The molecule has 0 saturated heterocycles. The summed E-state index contributed by atoms with van der Waals surface area (Å²) in [5.41, 5.74) is 1.38. The van der Waals surface area contributed by atoms with Crippen molar-refractivity contribution in [3.05, 3.63) is 23.8 Å². The van der Waals surface area contributed by atoms with E-state index in [4.69, 9.17) is 4.74 Å². The molecule has 0 bridgehead atoms. The number of urea groups is 1. The van der Waals surface area contributed by atoms with Crippen LogP contribution in [0.2, 0.25) is 0 Å². The molecule has 184 valence electrons. The lowest BCUT2D eigenvalue weighted by atomic mass is 9.96. The Balaban J connectivity index is 1.82. The van der Waals surface area contributed by atoms with Crippen molar-refractivity contribution in [2.24, 2.45) is 5.92 Å². The van der Waals surface area contributed by atoms with Crippen LogP contribution in [0.25, 0.3) is 0 Å². The summed E-state index contributed by atoms with van der Waals surface area (Å²) in [6.07, 6.45) is 5.61. The fourth-order valence-electron chi connectivity index (χ4n) is 4.68. The monoisotopic (exact) mass is 460 g/mol. The number of nitrogens with zero attached hydrogens (tertiary/aromatic N) is 2. The quantitative estimate of drug-likeness (QED) is 0.607. The van der Waals surface area contributed by atoms with Crippen LogP contribution in [0.1, 0.15) is 51.5 Å². The number of fused-ring (bicyclic) bond motifs is 1. The maximum Gasteiger partial charge on any atom is 0.319 e. The van der Waals surface area contributed by atoms with E-state index in [1.54, 1.807) is 4.90 Å². The van der Waals surface area contributed by atoms with Gasteiger partial charge in [0.2, 0.25) is 5.91 Å². The van der Waals surface area contributed by atoms with Crippen molar-refractivity contribution in [1.29, 1.82) is 0 Å². The topological polar surface area (TPSA) is 94.1 Å². The lowest BCUT2D eigenvalue weighted by molar-refractivity contribution is -0.134. The van der Waals surface area contributed by atoms with Crippen molar-refractivity contribution < 1.29 is 19.4 Å². The highest BCUT2D eigenvalue weighted by atomic mass is 16.5. The first-order valence-corrected chi connectivity index (χ1v) is 12.2. The Morgan fingerprint density at radius 1 is 1.27 bits per heavy atom. The van der Waals surface area contributed by atoms with Gasteiger partial charge in [0.15, 0.2) is 0 Å². The second-order valence-corrected chi connectivity index (χ2v) is 9.91. The van der Waals surface area contributed by atoms with E-state index in [0.29, 0.717) is 24.5 Å². The molecule has 1 aliphatic heterocycles. The molecule has 1 aliphatic carbocycles. The first kappa shape index (κ1) is 25.3. The van der Waals surface area contributed by atoms with Gasteiger partial charge in [-0.25, -0.2) is 4.79 Å². The molecule has 1 fully saturated rings. The van der Waals surface area contributed by atoms with Gasteiger partial charge in [-0.05, 0) is 52.1 Å². The Morgan fingerprint density at radius 3 is 2.67 bits per heavy atom. The zero-order chi connectivity index (χ0) is 24.0. The average Bonchev–Trinajstić information content (AvgIpc) is 2.82. The van der Waals surface area contributed by atoms with Crippen molar-refractivity contribution in [2.75, 3.05) is 39.1 Å². The van der Waals surface area contributed by atoms with Gasteiger partial charge in [-0.3, -0.25) is 4.79 Å². The minimum absolute atomic E-state index is 0.0532. The number of carbonyl (C=O) groups is 2. The Hall–Kier alpha value is -2.32. The van der Waals surface area contributed by atoms with Gasteiger partial charge >= 0.3 is 6.03 Å². The summed E-state index contributed by atoms with van der Waals surface area (Å²) in [4.78, 5) is 29.6. The third-order valence-electron chi connectivity index (χ3n) is 6.66. The summed E-state index contributed by atoms with van der Waals surface area (Å²) in [5, 5.41) is 15.7. The van der Waals surface area contributed by atoms with Crippen LogP contribution < -0.4 is 15.4 Å². The van der Waals surface area contributed by atoms with E-state index in [-0.39, 0.29) is 49.1 Å². The number of benzene rings is 1. The summed E-state index contributed by atoms with van der Waals surface area (Å²) < 4.78 is 6.42. The SMILES string of the molecule is C[C@H](CO)N1C[C@H](C)[C@H](CN(C)C)Oc2ccc(NC(=O)NC3CCCCC3)cc2CC1=O. The number of rotatable bonds is 6. The van der Waals surface area contributed by atoms with Crippen molar-refractivity contribution in [2.45, 2.75) is 70.6 Å². The Kier molecular flexibility index (Phi) is 8.97. The largest absolute Gasteiger partial charge is 0.488 e. The summed E-state index contributed by atoms with van der Waals surface area (Å²) >= 11 is 0. The van der Waals surface area contributed by atoms with E-state index in [2.05, 4.69) is 22.5 Å². The zero-order valence-electron chi connectivity index (χ0n) is 20.5. The molecular formula is C25H40N4O4. The van der Waals surface area contributed by atoms with E-state index in [1.807, 2.05) is 39.2 Å². The zero-order valence-corrected chi connectivity index (χ0v) is 20.5. The van der Waals surface area contributed by atoms with Crippen molar-refractivity contribution >= 4 is 17.6 Å². The minimum atomic E-state index is -0.274. The van der Waals surface area contributed by atoms with Crippen LogP contribution in [0.5, 0.6) is 5.75 Å². The molecule has 1 aromatic rings. The highest BCUT2D eigenvalue weighted by molar-refractivity contribution is 5.90. The van der Waals surface area contributed by atoms with E-state index < -0.39 is 0 Å². The van der Waals surface area contributed by atoms with Crippen LogP contribution in [-0.2, 0) is 11.2 Å². The number of hydrogen-bond donors (Lipinski definition) is 3. The van der Waals surface area contributed by atoms with Crippen LogP contribution in [0.4, 0.5) is 10.5 Å². The molecule has 2 aliphatic rings. The lowest BCUT2D eigenvalue weighted by Gasteiger charge is -2.33. The van der Waals surface area contributed by atoms with E-state index in [9.17, 15) is 14.7 Å². The first-order valence-electron chi connectivity index (χ1n) is 12.2. The van der Waals surface area contributed by atoms with E-state index >= 15 is 0 Å². The number of aliphatic hydroxyl groups excluding tert-OH is 1. The average molecular weight is 461 g/mol. The van der Waals surface area contributed by atoms with Crippen LogP contribution in [-0.4, -0.2) is 78.8 Å². The molecule has 1 aromatic carbocycles. The Labute approximate surface area is 197 Å².